The van der Waals surface area contributed by atoms with E-state index in [-0.39, 0.29) is 24.8 Å². The fourth-order valence-electron chi connectivity index (χ4n) is 5.64. The molecule has 4 atom stereocenters. The largest absolute Gasteiger partial charge is 0.510 e. The third-order valence-electron chi connectivity index (χ3n) is 7.11. The van der Waals surface area contributed by atoms with Crippen molar-refractivity contribution in [3.05, 3.63) is 50.0 Å². The Morgan fingerprint density at radius 2 is 1.94 bits per heavy atom. The zero-order valence-electron chi connectivity index (χ0n) is 19.0. The van der Waals surface area contributed by atoms with Gasteiger partial charge in [-0.25, -0.2) is 0 Å². The second kappa shape index (κ2) is 8.13. The fourth-order valence-corrected chi connectivity index (χ4v) is 5.64. The van der Waals surface area contributed by atoms with Gasteiger partial charge in [-0.2, -0.15) is 0 Å². The highest BCUT2D eigenvalue weighted by atomic mass is 16.6. The molecule has 0 saturated carbocycles. The zero-order chi connectivity index (χ0) is 26.9. The van der Waals surface area contributed by atoms with E-state index in [9.17, 15) is 49.7 Å². The first-order valence-corrected chi connectivity index (χ1v) is 10.7. The van der Waals surface area contributed by atoms with Crippen LogP contribution in [0, 0.1) is 22.0 Å². The Labute approximate surface area is 202 Å². The number of aliphatic hydroxyl groups excluding tert-OH is 2. The number of ketones is 2. The number of hydrogen-bond acceptors (Lipinski definition) is 11. The number of benzene rings is 1. The minimum absolute atomic E-state index is 0.137. The van der Waals surface area contributed by atoms with Crippen LogP contribution < -0.4 is 11.1 Å². The fraction of sp³-hybridized carbons (Fsp3) is 0.364. The number of nitrogens with one attached hydrogen (secondary N) is 1. The maximum absolute atomic E-state index is 13.5. The summed E-state index contributed by atoms with van der Waals surface area (Å²) < 4.78 is 0. The van der Waals surface area contributed by atoms with Crippen LogP contribution in [0.3, 0.4) is 0 Å². The van der Waals surface area contributed by atoms with Crippen molar-refractivity contribution in [3.63, 3.8) is 0 Å². The van der Waals surface area contributed by atoms with E-state index in [2.05, 4.69) is 5.32 Å². The number of likely N-dealkylation sites (N-methyl/N-ethyl adjacent to an activating group) is 1. The van der Waals surface area contributed by atoms with Gasteiger partial charge in [0.05, 0.1) is 22.2 Å². The Balaban J connectivity index is 2.00. The van der Waals surface area contributed by atoms with E-state index >= 15 is 0 Å². The Hall–Kier alpha value is -4.30. The molecule has 0 bridgehead atoms. The summed E-state index contributed by atoms with van der Waals surface area (Å²) >= 11 is 0. The van der Waals surface area contributed by atoms with E-state index in [0.717, 1.165) is 6.07 Å². The average Bonchev–Trinajstić information content (AvgIpc) is 2.77. The first kappa shape index (κ1) is 24.8. The van der Waals surface area contributed by atoms with Crippen LogP contribution in [0.5, 0.6) is 5.75 Å². The van der Waals surface area contributed by atoms with Crippen LogP contribution in [-0.2, 0) is 20.8 Å². The third kappa shape index (κ3) is 3.11. The highest BCUT2D eigenvalue weighted by Crippen LogP contribution is 2.53. The summed E-state index contributed by atoms with van der Waals surface area (Å²) in [5.74, 6) is -8.69. The number of aromatic hydroxyl groups is 1. The van der Waals surface area contributed by atoms with Crippen LogP contribution >= 0.6 is 0 Å². The number of fused-ring (bicyclic) bond motifs is 3. The zero-order valence-corrected chi connectivity index (χ0v) is 19.0. The topological polar surface area (TPSA) is 234 Å². The van der Waals surface area contributed by atoms with Crippen molar-refractivity contribution in [1.29, 1.82) is 0 Å². The first-order chi connectivity index (χ1) is 16.8. The number of anilines is 1. The lowest BCUT2D eigenvalue weighted by Gasteiger charge is -2.50. The maximum Gasteiger partial charge on any atom is 0.275 e. The Morgan fingerprint density at radius 1 is 1.31 bits per heavy atom. The molecule has 0 fully saturated rings. The minimum atomic E-state index is -2.83. The summed E-state index contributed by atoms with van der Waals surface area (Å²) in [6, 6.07) is -0.290. The normalized spacial score (nSPS) is 27.4. The number of aliphatic hydroxyl groups is 3. The number of phenols is 1. The smallest absolute Gasteiger partial charge is 0.275 e. The van der Waals surface area contributed by atoms with E-state index in [1.54, 1.807) is 0 Å². The predicted octanol–water partition coefficient (Wildman–Crippen LogP) is -0.403. The minimum Gasteiger partial charge on any atom is -0.510 e. The first-order valence-electron chi connectivity index (χ1n) is 10.7. The molecule has 0 radical (unpaired) electrons. The van der Waals surface area contributed by atoms with Gasteiger partial charge in [-0.15, -0.1) is 0 Å². The summed E-state index contributed by atoms with van der Waals surface area (Å²) in [5.41, 5.74) is -0.711. The molecular weight excluding hydrogens is 480 g/mol. The molecule has 14 nitrogen and oxygen atoms in total. The van der Waals surface area contributed by atoms with Crippen LogP contribution in [0.2, 0.25) is 0 Å². The highest BCUT2D eigenvalue weighted by molar-refractivity contribution is 6.25. The number of nitro groups is 1. The van der Waals surface area contributed by atoms with E-state index < -0.39 is 91.2 Å². The van der Waals surface area contributed by atoms with E-state index in [1.165, 1.54) is 19.0 Å². The number of amides is 2. The lowest BCUT2D eigenvalue weighted by Crippen LogP contribution is -2.63. The van der Waals surface area contributed by atoms with Crippen molar-refractivity contribution >= 4 is 35.3 Å². The van der Waals surface area contributed by atoms with Gasteiger partial charge in [0.15, 0.2) is 17.1 Å². The van der Waals surface area contributed by atoms with Crippen LogP contribution in [0.15, 0.2) is 28.7 Å². The molecule has 36 heavy (non-hydrogen) atoms. The third-order valence-corrected chi connectivity index (χ3v) is 7.11. The number of primary amides is 1. The Kier molecular flexibility index (Phi) is 5.61. The number of nitro benzene ring substituents is 1. The van der Waals surface area contributed by atoms with Crippen molar-refractivity contribution < 1.29 is 44.5 Å². The second-order valence-corrected chi connectivity index (χ2v) is 9.13. The van der Waals surface area contributed by atoms with Crippen molar-refractivity contribution in [2.45, 2.75) is 24.5 Å². The molecule has 2 unspecified atom stereocenters. The number of phenolic OH excluding ortho intramolecular Hbond substituents is 1. The Morgan fingerprint density at radius 3 is 2.47 bits per heavy atom. The molecule has 190 valence electrons. The van der Waals surface area contributed by atoms with Crippen LogP contribution in [0.1, 0.15) is 22.3 Å². The molecular formula is C22H22N4O10. The van der Waals surface area contributed by atoms with Gasteiger partial charge in [0.25, 0.3) is 11.6 Å². The van der Waals surface area contributed by atoms with Crippen LogP contribution in [0.25, 0.3) is 0 Å². The number of carbonyl (C=O) groups is 4. The maximum atomic E-state index is 13.5. The molecule has 0 aliphatic heterocycles. The van der Waals surface area contributed by atoms with Gasteiger partial charge in [-0.3, -0.25) is 34.2 Å². The summed E-state index contributed by atoms with van der Waals surface area (Å²) in [7, 11) is 2.97. The van der Waals surface area contributed by atoms with Gasteiger partial charge in [-0.1, -0.05) is 0 Å². The van der Waals surface area contributed by atoms with E-state index in [0.29, 0.717) is 0 Å². The molecule has 2 amide bonds. The Bertz CT molecular complexity index is 1330. The molecule has 14 heteroatoms. The summed E-state index contributed by atoms with van der Waals surface area (Å²) in [4.78, 5) is 62.0. The van der Waals surface area contributed by atoms with Crippen molar-refractivity contribution in [2.24, 2.45) is 17.6 Å². The van der Waals surface area contributed by atoms with E-state index in [4.69, 9.17) is 5.73 Å². The second-order valence-electron chi connectivity index (χ2n) is 9.13. The average molecular weight is 502 g/mol. The van der Waals surface area contributed by atoms with Crippen molar-refractivity contribution in [3.8, 4) is 5.75 Å². The molecule has 0 heterocycles. The number of nitrogens with zero attached hydrogens (tertiary/aromatic N) is 2. The molecule has 1 aromatic rings. The molecule has 4 rings (SSSR count). The molecule has 3 aliphatic carbocycles. The van der Waals surface area contributed by atoms with Crippen molar-refractivity contribution in [1.82, 2.24) is 4.90 Å². The number of carbonyl (C=O) groups excluding carboxylic acids is 4. The summed E-state index contributed by atoms with van der Waals surface area (Å²) in [6.45, 7) is 0. The lowest BCUT2D eigenvalue weighted by molar-refractivity contribution is -0.385. The van der Waals surface area contributed by atoms with Gasteiger partial charge in [-0.05, 0) is 32.9 Å². The van der Waals surface area contributed by atoms with Gasteiger partial charge in [0.2, 0.25) is 12.2 Å². The summed E-state index contributed by atoms with van der Waals surface area (Å²) in [6.07, 6.45) is -0.323. The van der Waals surface area contributed by atoms with Gasteiger partial charge in [0, 0.05) is 23.1 Å². The SMILES string of the molecule is CN(C)[C@@H]1C(O)=C(C(N)=O)C(=O)[C@@]2(O)C(O)=C3C(=O)c4c(O)c(NC=O)cc([N+](=O)[O-])c4CC3CC12. The number of hydrogen-bond donors (Lipinski definition) is 6. The quantitative estimate of drug-likeness (QED) is 0.0996. The highest BCUT2D eigenvalue weighted by Gasteiger charge is 2.63. The molecule has 1 aromatic carbocycles. The van der Waals surface area contributed by atoms with Gasteiger partial charge in [0.1, 0.15) is 17.1 Å². The van der Waals surface area contributed by atoms with Crippen molar-refractivity contribution in [2.75, 3.05) is 19.4 Å². The standard InChI is InChI=1S/C22H22N4O10/c1-25(2)15-9-4-7-3-8-11(26(35)36)5-10(24-6-27)16(28)13(8)17(29)12(7)19(31)22(9,34)20(32)14(18(15)30)21(23)33/h5-7,9,15,28,30-31,34H,3-4H2,1-2H3,(H2,23,33)(H,24,27)/t7?,9?,15-,22-/m0/s1. The number of allylic oxidation sites excluding steroid dienone is 1. The van der Waals surface area contributed by atoms with Gasteiger partial charge >= 0.3 is 0 Å². The lowest BCUT2D eigenvalue weighted by atomic mass is 9.58. The molecule has 0 saturated heterocycles. The van der Waals surface area contributed by atoms with Crippen LogP contribution in [0.4, 0.5) is 11.4 Å². The molecule has 0 spiro atoms. The monoisotopic (exact) mass is 502 g/mol. The number of rotatable bonds is 5. The van der Waals surface area contributed by atoms with Gasteiger partial charge < -0.3 is 31.5 Å². The van der Waals surface area contributed by atoms with Crippen LogP contribution in [-0.4, -0.2) is 79.9 Å². The predicted molar refractivity (Wildman–Crippen MR) is 120 cm³/mol. The molecule has 0 aromatic heterocycles. The number of Topliss-reactive ketones (excluding diaryl/α,β-unsaturated/α-hetero) is 2. The summed E-state index contributed by atoms with van der Waals surface area (Å²) in [5, 5.41) is 57.8. The number of nitrogens with two attached hydrogens (primary N) is 1. The molecule has 7 N–H and O–H groups in total. The molecule has 3 aliphatic rings. The van der Waals surface area contributed by atoms with E-state index in [1.807, 2.05) is 0 Å².